The molecule has 1 aromatic rings. The first-order chi connectivity index (χ1) is 9.44. The van der Waals surface area contributed by atoms with E-state index in [-0.39, 0.29) is 10.8 Å². The molecule has 1 aliphatic heterocycles. The first kappa shape index (κ1) is 15.4. The largest absolute Gasteiger partial charge is 0.573 e. The molecule has 2 rings (SSSR count). The Morgan fingerprint density at radius 1 is 1.25 bits per heavy atom. The second kappa shape index (κ2) is 6.65. The van der Waals surface area contributed by atoms with Crippen LogP contribution in [0.4, 0.5) is 13.2 Å². The molecule has 1 saturated heterocycles. The van der Waals surface area contributed by atoms with E-state index in [1.54, 1.807) is 6.07 Å². The number of ether oxygens (including phenoxy) is 1. The number of nitrogens with one attached hydrogen (secondary N) is 1. The highest BCUT2D eigenvalue weighted by Crippen LogP contribution is 2.31. The Labute approximate surface area is 120 Å². The predicted molar refractivity (Wildman–Crippen MR) is 70.9 cm³/mol. The molecular weight excluding hydrogens is 293 g/mol. The van der Waals surface area contributed by atoms with Crippen LogP contribution in [0.1, 0.15) is 12.0 Å². The van der Waals surface area contributed by atoms with E-state index < -0.39 is 6.36 Å². The van der Waals surface area contributed by atoms with E-state index in [2.05, 4.69) is 15.0 Å². The minimum atomic E-state index is -4.72. The third kappa shape index (κ3) is 4.85. The van der Waals surface area contributed by atoms with E-state index in [4.69, 9.17) is 11.6 Å². The van der Waals surface area contributed by atoms with Crippen LogP contribution in [0, 0.1) is 0 Å². The molecule has 0 saturated carbocycles. The fourth-order valence-electron chi connectivity index (χ4n) is 2.17. The van der Waals surface area contributed by atoms with Crippen LogP contribution in [0.15, 0.2) is 18.2 Å². The number of benzene rings is 1. The molecule has 0 spiro atoms. The zero-order valence-corrected chi connectivity index (χ0v) is 11.6. The number of hydrogen-bond acceptors (Lipinski definition) is 3. The van der Waals surface area contributed by atoms with Crippen molar-refractivity contribution in [2.45, 2.75) is 19.3 Å². The van der Waals surface area contributed by atoms with Crippen molar-refractivity contribution in [3.63, 3.8) is 0 Å². The molecule has 0 aromatic heterocycles. The minimum absolute atomic E-state index is 0.0206. The monoisotopic (exact) mass is 308 g/mol. The van der Waals surface area contributed by atoms with Crippen molar-refractivity contribution in [3.05, 3.63) is 28.8 Å². The lowest BCUT2D eigenvalue weighted by molar-refractivity contribution is -0.274. The van der Waals surface area contributed by atoms with Crippen molar-refractivity contribution < 1.29 is 17.9 Å². The topological polar surface area (TPSA) is 24.5 Å². The van der Waals surface area contributed by atoms with Gasteiger partial charge >= 0.3 is 6.36 Å². The zero-order valence-electron chi connectivity index (χ0n) is 10.8. The second-order valence-electron chi connectivity index (χ2n) is 4.69. The van der Waals surface area contributed by atoms with Crippen LogP contribution in [0.3, 0.4) is 0 Å². The third-order valence-electron chi connectivity index (χ3n) is 3.06. The summed E-state index contributed by atoms with van der Waals surface area (Å²) >= 11 is 5.83. The van der Waals surface area contributed by atoms with Crippen LogP contribution in [-0.2, 0) is 6.54 Å². The number of rotatable bonds is 3. The van der Waals surface area contributed by atoms with Gasteiger partial charge < -0.3 is 10.1 Å². The van der Waals surface area contributed by atoms with Gasteiger partial charge in [0.25, 0.3) is 0 Å². The standard InChI is InChI=1S/C13H16ClF3N2O/c14-11-8-10(2-3-12(11)20-13(15,16)17)9-19-6-1-4-18-5-7-19/h2-3,8,18H,1,4-7,9H2. The van der Waals surface area contributed by atoms with E-state index in [0.29, 0.717) is 6.54 Å². The van der Waals surface area contributed by atoms with E-state index in [0.717, 1.165) is 38.2 Å². The lowest BCUT2D eigenvalue weighted by Gasteiger charge is -2.20. The van der Waals surface area contributed by atoms with Crippen molar-refractivity contribution >= 4 is 11.6 Å². The Hall–Kier alpha value is -0.980. The van der Waals surface area contributed by atoms with Crippen molar-refractivity contribution in [3.8, 4) is 5.75 Å². The van der Waals surface area contributed by atoms with Gasteiger partial charge in [0.2, 0.25) is 0 Å². The SMILES string of the molecule is FC(F)(F)Oc1ccc(CN2CCCNCC2)cc1Cl. The number of hydrogen-bond donors (Lipinski definition) is 1. The van der Waals surface area contributed by atoms with Crippen LogP contribution >= 0.6 is 11.6 Å². The normalized spacial score (nSPS) is 17.8. The minimum Gasteiger partial charge on any atom is -0.404 e. The molecule has 0 bridgehead atoms. The van der Waals surface area contributed by atoms with Gasteiger partial charge in [0, 0.05) is 19.6 Å². The summed E-state index contributed by atoms with van der Waals surface area (Å²) in [5.41, 5.74) is 0.881. The van der Waals surface area contributed by atoms with Gasteiger partial charge in [-0.3, -0.25) is 4.90 Å². The van der Waals surface area contributed by atoms with Crippen LogP contribution in [-0.4, -0.2) is 37.4 Å². The highest BCUT2D eigenvalue weighted by Gasteiger charge is 2.32. The van der Waals surface area contributed by atoms with E-state index >= 15 is 0 Å². The average molecular weight is 309 g/mol. The summed E-state index contributed by atoms with van der Waals surface area (Å²) in [4.78, 5) is 2.25. The van der Waals surface area contributed by atoms with Crippen LogP contribution in [0.25, 0.3) is 0 Å². The highest BCUT2D eigenvalue weighted by molar-refractivity contribution is 6.32. The summed E-state index contributed by atoms with van der Waals surface area (Å²) in [7, 11) is 0. The predicted octanol–water partition coefficient (Wildman–Crippen LogP) is 3.03. The Morgan fingerprint density at radius 2 is 2.05 bits per heavy atom. The average Bonchev–Trinajstić information content (AvgIpc) is 2.60. The fraction of sp³-hybridized carbons (Fsp3) is 0.538. The molecular formula is C13H16ClF3N2O. The number of halogens is 4. The molecule has 0 atom stereocenters. The molecule has 1 heterocycles. The molecule has 7 heteroatoms. The number of nitrogens with zero attached hydrogens (tertiary/aromatic N) is 1. The molecule has 1 N–H and O–H groups in total. The summed E-state index contributed by atoms with van der Waals surface area (Å²) < 4.78 is 40.3. The number of alkyl halides is 3. The summed E-state index contributed by atoms with van der Waals surface area (Å²) in [6.07, 6.45) is -3.66. The van der Waals surface area contributed by atoms with Gasteiger partial charge in [-0.05, 0) is 37.2 Å². The first-order valence-corrected chi connectivity index (χ1v) is 6.79. The Bertz CT molecular complexity index is 446. The maximum absolute atomic E-state index is 12.1. The maximum atomic E-state index is 12.1. The Balaban J connectivity index is 2.01. The van der Waals surface area contributed by atoms with E-state index in [1.165, 1.54) is 12.1 Å². The fourth-order valence-corrected chi connectivity index (χ4v) is 2.41. The summed E-state index contributed by atoms with van der Waals surface area (Å²) in [5.74, 6) is -0.361. The molecule has 0 unspecified atom stereocenters. The Morgan fingerprint density at radius 3 is 2.75 bits per heavy atom. The molecule has 1 aliphatic rings. The van der Waals surface area contributed by atoms with Crippen LogP contribution in [0.5, 0.6) is 5.75 Å². The lowest BCUT2D eigenvalue weighted by Crippen LogP contribution is -2.27. The van der Waals surface area contributed by atoms with Gasteiger partial charge in [-0.2, -0.15) is 0 Å². The summed E-state index contributed by atoms with van der Waals surface area (Å²) in [6.45, 7) is 4.47. The lowest BCUT2D eigenvalue weighted by atomic mass is 10.2. The van der Waals surface area contributed by atoms with Gasteiger partial charge in [-0.25, -0.2) is 0 Å². The molecule has 3 nitrogen and oxygen atoms in total. The van der Waals surface area contributed by atoms with Crippen molar-refractivity contribution in [2.24, 2.45) is 0 Å². The Kier molecular flexibility index (Phi) is 5.12. The highest BCUT2D eigenvalue weighted by atomic mass is 35.5. The maximum Gasteiger partial charge on any atom is 0.573 e. The van der Waals surface area contributed by atoms with Crippen LogP contribution < -0.4 is 10.1 Å². The molecule has 1 aromatic carbocycles. The van der Waals surface area contributed by atoms with Gasteiger partial charge in [0.15, 0.2) is 0 Å². The summed E-state index contributed by atoms with van der Waals surface area (Å²) in [6, 6.07) is 4.41. The molecule has 0 amide bonds. The third-order valence-corrected chi connectivity index (χ3v) is 3.36. The molecule has 1 fully saturated rings. The van der Waals surface area contributed by atoms with Gasteiger partial charge in [0.1, 0.15) is 5.75 Å². The van der Waals surface area contributed by atoms with Crippen molar-refractivity contribution in [1.82, 2.24) is 10.2 Å². The van der Waals surface area contributed by atoms with Crippen molar-refractivity contribution in [2.75, 3.05) is 26.2 Å². The van der Waals surface area contributed by atoms with Gasteiger partial charge in [-0.1, -0.05) is 17.7 Å². The second-order valence-corrected chi connectivity index (χ2v) is 5.10. The molecule has 20 heavy (non-hydrogen) atoms. The quantitative estimate of drug-likeness (QED) is 0.929. The first-order valence-electron chi connectivity index (χ1n) is 6.41. The van der Waals surface area contributed by atoms with Gasteiger partial charge in [0.05, 0.1) is 5.02 Å². The smallest absolute Gasteiger partial charge is 0.404 e. The van der Waals surface area contributed by atoms with Crippen LogP contribution in [0.2, 0.25) is 5.02 Å². The van der Waals surface area contributed by atoms with Gasteiger partial charge in [-0.15, -0.1) is 13.2 Å². The zero-order chi connectivity index (χ0) is 14.6. The molecule has 112 valence electrons. The molecule has 0 radical (unpaired) electrons. The molecule has 0 aliphatic carbocycles. The van der Waals surface area contributed by atoms with E-state index in [1.807, 2.05) is 0 Å². The summed E-state index contributed by atoms with van der Waals surface area (Å²) in [5, 5.41) is 3.28. The van der Waals surface area contributed by atoms with E-state index in [9.17, 15) is 13.2 Å². The van der Waals surface area contributed by atoms with Crippen molar-refractivity contribution in [1.29, 1.82) is 0 Å².